The van der Waals surface area contributed by atoms with Crippen LogP contribution < -0.4 is 5.73 Å². The molecular formula is C15H21F2N. The van der Waals surface area contributed by atoms with Crippen LogP contribution in [0.2, 0.25) is 0 Å². The molecule has 0 amide bonds. The molecular weight excluding hydrogens is 232 g/mol. The van der Waals surface area contributed by atoms with Crippen molar-refractivity contribution in [2.75, 3.05) is 0 Å². The van der Waals surface area contributed by atoms with E-state index in [1.165, 1.54) is 6.42 Å². The maximum atomic E-state index is 13.2. The van der Waals surface area contributed by atoms with E-state index in [2.05, 4.69) is 0 Å². The fourth-order valence-electron chi connectivity index (χ4n) is 2.95. The van der Waals surface area contributed by atoms with Gasteiger partial charge in [-0.2, -0.15) is 0 Å². The van der Waals surface area contributed by atoms with Crippen molar-refractivity contribution in [2.45, 2.75) is 56.9 Å². The van der Waals surface area contributed by atoms with Gasteiger partial charge in [-0.3, -0.25) is 0 Å². The monoisotopic (exact) mass is 253 g/mol. The summed E-state index contributed by atoms with van der Waals surface area (Å²) >= 11 is 0. The SMILES string of the molecule is CC(F)(F)Cc1ccccc1C1(N)CCCCC1. The number of halogens is 2. The molecule has 1 aromatic rings. The molecule has 0 unspecified atom stereocenters. The van der Waals surface area contributed by atoms with Gasteiger partial charge in [-0.1, -0.05) is 43.5 Å². The van der Waals surface area contributed by atoms with Gasteiger partial charge in [0.1, 0.15) is 0 Å². The Kier molecular flexibility index (Phi) is 3.71. The zero-order chi connectivity index (χ0) is 13.2. The van der Waals surface area contributed by atoms with E-state index in [9.17, 15) is 8.78 Å². The van der Waals surface area contributed by atoms with Crippen molar-refractivity contribution < 1.29 is 8.78 Å². The van der Waals surface area contributed by atoms with E-state index in [1.807, 2.05) is 18.2 Å². The minimum Gasteiger partial charge on any atom is -0.321 e. The van der Waals surface area contributed by atoms with E-state index in [0.29, 0.717) is 5.56 Å². The lowest BCUT2D eigenvalue weighted by molar-refractivity contribution is 0.0221. The van der Waals surface area contributed by atoms with Crippen LogP contribution in [-0.2, 0) is 12.0 Å². The molecule has 18 heavy (non-hydrogen) atoms. The number of hydrogen-bond acceptors (Lipinski definition) is 1. The van der Waals surface area contributed by atoms with Crippen molar-refractivity contribution in [3.05, 3.63) is 35.4 Å². The summed E-state index contributed by atoms with van der Waals surface area (Å²) in [5.74, 6) is -2.68. The molecule has 1 aliphatic carbocycles. The topological polar surface area (TPSA) is 26.0 Å². The van der Waals surface area contributed by atoms with Crippen molar-refractivity contribution in [1.29, 1.82) is 0 Å². The van der Waals surface area contributed by atoms with Gasteiger partial charge in [0.05, 0.1) is 0 Å². The highest BCUT2D eigenvalue weighted by Crippen LogP contribution is 2.37. The Morgan fingerprint density at radius 1 is 1.17 bits per heavy atom. The van der Waals surface area contributed by atoms with Crippen molar-refractivity contribution in [2.24, 2.45) is 5.73 Å². The first-order chi connectivity index (χ1) is 8.41. The van der Waals surface area contributed by atoms with Crippen LogP contribution in [0.15, 0.2) is 24.3 Å². The van der Waals surface area contributed by atoms with E-state index in [-0.39, 0.29) is 6.42 Å². The molecule has 0 aliphatic heterocycles. The molecule has 0 heterocycles. The Morgan fingerprint density at radius 3 is 2.39 bits per heavy atom. The molecule has 0 spiro atoms. The maximum absolute atomic E-state index is 13.2. The van der Waals surface area contributed by atoms with E-state index < -0.39 is 11.5 Å². The summed E-state index contributed by atoms with van der Waals surface area (Å²) in [7, 11) is 0. The second-order valence-corrected chi connectivity index (χ2v) is 5.62. The first-order valence-electron chi connectivity index (χ1n) is 6.66. The van der Waals surface area contributed by atoms with Crippen LogP contribution in [0.25, 0.3) is 0 Å². The molecule has 1 saturated carbocycles. The Bertz CT molecular complexity index is 403. The number of hydrogen-bond donors (Lipinski definition) is 1. The Hall–Kier alpha value is -0.960. The minimum absolute atomic E-state index is 0.220. The highest BCUT2D eigenvalue weighted by molar-refractivity contribution is 5.34. The van der Waals surface area contributed by atoms with Crippen molar-refractivity contribution in [3.63, 3.8) is 0 Å². The molecule has 1 nitrogen and oxygen atoms in total. The normalized spacial score (nSPS) is 19.8. The molecule has 2 N–H and O–H groups in total. The predicted molar refractivity (Wildman–Crippen MR) is 69.7 cm³/mol. The van der Waals surface area contributed by atoms with Gasteiger partial charge in [0.15, 0.2) is 0 Å². The molecule has 0 atom stereocenters. The summed E-state index contributed by atoms with van der Waals surface area (Å²) in [4.78, 5) is 0. The second-order valence-electron chi connectivity index (χ2n) is 5.62. The third-order valence-corrected chi connectivity index (χ3v) is 3.80. The summed E-state index contributed by atoms with van der Waals surface area (Å²) in [6.07, 6.45) is 4.96. The second kappa shape index (κ2) is 4.96. The molecule has 0 radical (unpaired) electrons. The Labute approximate surface area is 107 Å². The molecule has 1 fully saturated rings. The molecule has 1 aliphatic rings. The maximum Gasteiger partial charge on any atom is 0.249 e. The van der Waals surface area contributed by atoms with Crippen LogP contribution in [0, 0.1) is 0 Å². The molecule has 2 rings (SSSR count). The largest absolute Gasteiger partial charge is 0.321 e. The van der Waals surface area contributed by atoms with Crippen LogP contribution >= 0.6 is 0 Å². The third-order valence-electron chi connectivity index (χ3n) is 3.80. The van der Waals surface area contributed by atoms with E-state index in [4.69, 9.17) is 5.73 Å². The fraction of sp³-hybridized carbons (Fsp3) is 0.600. The highest BCUT2D eigenvalue weighted by Gasteiger charge is 2.33. The Morgan fingerprint density at radius 2 is 1.78 bits per heavy atom. The van der Waals surface area contributed by atoms with Crippen LogP contribution in [0.5, 0.6) is 0 Å². The van der Waals surface area contributed by atoms with Crippen molar-refractivity contribution in [3.8, 4) is 0 Å². The molecule has 3 heteroatoms. The van der Waals surface area contributed by atoms with Gasteiger partial charge in [0, 0.05) is 12.0 Å². The van der Waals surface area contributed by atoms with Gasteiger partial charge < -0.3 is 5.73 Å². The van der Waals surface area contributed by atoms with Gasteiger partial charge in [-0.05, 0) is 30.9 Å². The van der Waals surface area contributed by atoms with Gasteiger partial charge in [0.25, 0.3) is 0 Å². The van der Waals surface area contributed by atoms with Crippen LogP contribution in [0.3, 0.4) is 0 Å². The number of rotatable bonds is 3. The van der Waals surface area contributed by atoms with Crippen molar-refractivity contribution >= 4 is 0 Å². The van der Waals surface area contributed by atoms with Crippen LogP contribution in [0.4, 0.5) is 8.78 Å². The number of nitrogens with two attached hydrogens (primary N) is 1. The van der Waals surface area contributed by atoms with E-state index >= 15 is 0 Å². The van der Waals surface area contributed by atoms with Gasteiger partial charge in [-0.15, -0.1) is 0 Å². The third kappa shape index (κ3) is 3.08. The summed E-state index contributed by atoms with van der Waals surface area (Å²) in [5.41, 5.74) is 7.68. The molecule has 0 aromatic heterocycles. The lowest BCUT2D eigenvalue weighted by Crippen LogP contribution is -2.39. The van der Waals surface area contributed by atoms with Gasteiger partial charge >= 0.3 is 0 Å². The van der Waals surface area contributed by atoms with E-state index in [1.54, 1.807) is 6.07 Å². The highest BCUT2D eigenvalue weighted by atomic mass is 19.3. The quantitative estimate of drug-likeness (QED) is 0.865. The van der Waals surface area contributed by atoms with Gasteiger partial charge in [-0.25, -0.2) is 8.78 Å². The minimum atomic E-state index is -2.68. The standard InChI is InChI=1S/C15H21F2N/c1-14(16,17)11-12-7-3-4-8-13(12)15(18)9-5-2-6-10-15/h3-4,7-8H,2,5-6,9-11,18H2,1H3. The summed E-state index contributed by atoms with van der Waals surface area (Å²) in [6, 6.07) is 7.43. The average molecular weight is 253 g/mol. The fourth-order valence-corrected chi connectivity index (χ4v) is 2.95. The smallest absolute Gasteiger partial charge is 0.249 e. The summed E-state index contributed by atoms with van der Waals surface area (Å²) in [6.45, 7) is 0.966. The average Bonchev–Trinajstić information content (AvgIpc) is 2.28. The van der Waals surface area contributed by atoms with Crippen LogP contribution in [0.1, 0.15) is 50.2 Å². The molecule has 0 bridgehead atoms. The van der Waals surface area contributed by atoms with Crippen molar-refractivity contribution in [1.82, 2.24) is 0 Å². The number of benzene rings is 1. The first-order valence-corrected chi connectivity index (χ1v) is 6.66. The summed E-state index contributed by atoms with van der Waals surface area (Å²) < 4.78 is 26.5. The van der Waals surface area contributed by atoms with Crippen LogP contribution in [-0.4, -0.2) is 5.92 Å². The predicted octanol–water partition coefficient (Wildman–Crippen LogP) is 4.00. The number of alkyl halides is 2. The zero-order valence-corrected chi connectivity index (χ0v) is 10.9. The Balaban J connectivity index is 2.32. The van der Waals surface area contributed by atoms with E-state index in [0.717, 1.165) is 38.2 Å². The van der Waals surface area contributed by atoms with Gasteiger partial charge in [0.2, 0.25) is 5.92 Å². The lowest BCUT2D eigenvalue weighted by atomic mass is 9.75. The molecule has 1 aromatic carbocycles. The summed E-state index contributed by atoms with van der Waals surface area (Å²) in [5, 5.41) is 0. The molecule has 100 valence electrons. The zero-order valence-electron chi connectivity index (χ0n) is 10.9. The molecule has 0 saturated heterocycles. The lowest BCUT2D eigenvalue weighted by Gasteiger charge is -2.35. The first kappa shape index (κ1) is 13.5.